The second kappa shape index (κ2) is 9.74. The quantitative estimate of drug-likeness (QED) is 0.494. The van der Waals surface area contributed by atoms with Crippen LogP contribution in [0.15, 0.2) is 72.1 Å². The molecule has 0 aliphatic carbocycles. The van der Waals surface area contributed by atoms with Crippen molar-refractivity contribution in [2.75, 3.05) is 19.7 Å². The maximum Gasteiger partial charge on any atom is 0.251 e. The van der Waals surface area contributed by atoms with E-state index in [1.165, 1.54) is 30.3 Å². The maximum absolute atomic E-state index is 12.1. The summed E-state index contributed by atoms with van der Waals surface area (Å²) in [4.78, 5) is 12.2. The zero-order chi connectivity index (χ0) is 18.8. The third kappa shape index (κ3) is 6.02. The number of benzene rings is 2. The highest BCUT2D eigenvalue weighted by Crippen LogP contribution is 2.11. The summed E-state index contributed by atoms with van der Waals surface area (Å²) in [5.41, 5.74) is 0.400. The minimum absolute atomic E-state index is 0.104. The first kappa shape index (κ1) is 19.7. The number of hydrogen-bond donors (Lipinski definition) is 2. The fourth-order valence-electron chi connectivity index (χ4n) is 2.12. The van der Waals surface area contributed by atoms with Crippen molar-refractivity contribution in [1.82, 2.24) is 10.0 Å². The number of carbonyl (C=O) groups excluding carboxylic acids is 1. The van der Waals surface area contributed by atoms with Crippen LogP contribution in [-0.2, 0) is 10.0 Å². The molecule has 0 heterocycles. The van der Waals surface area contributed by atoms with E-state index in [-0.39, 0.29) is 17.3 Å². The fraction of sp³-hybridized carbons (Fsp3) is 0.211. The summed E-state index contributed by atoms with van der Waals surface area (Å²) in [5, 5.41) is 2.78. The monoisotopic (exact) mass is 374 g/mol. The Labute approximate surface area is 153 Å². The highest BCUT2D eigenvalue weighted by Gasteiger charge is 2.13. The normalized spacial score (nSPS) is 10.9. The SMILES string of the molecule is C=CCNS(=O)(=O)c1ccc(C(=O)NCCCOc2ccccc2)cc1. The van der Waals surface area contributed by atoms with Gasteiger partial charge in [0, 0.05) is 18.7 Å². The summed E-state index contributed by atoms with van der Waals surface area (Å²) >= 11 is 0. The molecule has 2 rings (SSSR count). The second-order valence-electron chi connectivity index (χ2n) is 5.44. The predicted molar refractivity (Wildman–Crippen MR) is 101 cm³/mol. The van der Waals surface area contributed by atoms with Crippen LogP contribution in [0, 0.1) is 0 Å². The Morgan fingerprint density at radius 1 is 1.08 bits per heavy atom. The van der Waals surface area contributed by atoms with Crippen molar-refractivity contribution in [2.45, 2.75) is 11.3 Å². The summed E-state index contributed by atoms with van der Waals surface area (Å²) in [7, 11) is -3.59. The first-order chi connectivity index (χ1) is 12.5. The highest BCUT2D eigenvalue weighted by atomic mass is 32.2. The molecule has 7 heteroatoms. The average molecular weight is 374 g/mol. The van der Waals surface area contributed by atoms with Gasteiger partial charge in [0.1, 0.15) is 5.75 Å². The highest BCUT2D eigenvalue weighted by molar-refractivity contribution is 7.89. The molecule has 0 unspecified atom stereocenters. The van der Waals surface area contributed by atoms with E-state index in [0.717, 1.165) is 5.75 Å². The van der Waals surface area contributed by atoms with Crippen LogP contribution >= 0.6 is 0 Å². The van der Waals surface area contributed by atoms with Crippen molar-refractivity contribution < 1.29 is 17.9 Å². The Balaban J connectivity index is 1.78. The van der Waals surface area contributed by atoms with E-state index in [1.807, 2.05) is 30.3 Å². The van der Waals surface area contributed by atoms with Crippen LogP contribution in [0.1, 0.15) is 16.8 Å². The number of nitrogens with one attached hydrogen (secondary N) is 2. The number of sulfonamides is 1. The minimum Gasteiger partial charge on any atom is -0.494 e. The lowest BCUT2D eigenvalue weighted by molar-refractivity contribution is 0.0951. The van der Waals surface area contributed by atoms with Gasteiger partial charge in [-0.2, -0.15) is 0 Å². The average Bonchev–Trinajstić information content (AvgIpc) is 2.67. The minimum atomic E-state index is -3.59. The van der Waals surface area contributed by atoms with Crippen LogP contribution in [0.25, 0.3) is 0 Å². The molecule has 138 valence electrons. The molecule has 2 aromatic carbocycles. The fourth-order valence-corrected chi connectivity index (χ4v) is 3.12. The Morgan fingerprint density at radius 2 is 1.77 bits per heavy atom. The van der Waals surface area contributed by atoms with Crippen LogP contribution in [-0.4, -0.2) is 34.0 Å². The first-order valence-electron chi connectivity index (χ1n) is 8.19. The third-order valence-corrected chi connectivity index (χ3v) is 4.90. The number of rotatable bonds is 10. The zero-order valence-corrected chi connectivity index (χ0v) is 15.2. The summed E-state index contributed by atoms with van der Waals surface area (Å²) in [6.45, 7) is 4.57. The summed E-state index contributed by atoms with van der Waals surface area (Å²) in [5.74, 6) is 0.536. The molecular weight excluding hydrogens is 352 g/mol. The van der Waals surface area contributed by atoms with E-state index in [4.69, 9.17) is 4.74 Å². The Hall–Kier alpha value is -2.64. The lowest BCUT2D eigenvalue weighted by Crippen LogP contribution is -2.26. The van der Waals surface area contributed by atoms with Crippen molar-refractivity contribution in [3.8, 4) is 5.75 Å². The molecule has 0 radical (unpaired) electrons. The van der Waals surface area contributed by atoms with E-state index < -0.39 is 10.0 Å². The van der Waals surface area contributed by atoms with E-state index in [0.29, 0.717) is 25.1 Å². The number of ether oxygens (including phenoxy) is 1. The van der Waals surface area contributed by atoms with Crippen LogP contribution in [0.4, 0.5) is 0 Å². The first-order valence-corrected chi connectivity index (χ1v) is 9.68. The van der Waals surface area contributed by atoms with Gasteiger partial charge in [0.15, 0.2) is 0 Å². The molecule has 0 spiro atoms. The molecule has 0 bridgehead atoms. The van der Waals surface area contributed by atoms with E-state index in [9.17, 15) is 13.2 Å². The van der Waals surface area contributed by atoms with E-state index in [1.54, 1.807) is 0 Å². The third-order valence-electron chi connectivity index (χ3n) is 3.46. The van der Waals surface area contributed by atoms with Gasteiger partial charge in [0.25, 0.3) is 5.91 Å². The summed E-state index contributed by atoms with van der Waals surface area (Å²) in [6.07, 6.45) is 2.12. The molecule has 0 fully saturated rings. The van der Waals surface area contributed by atoms with Crippen molar-refractivity contribution in [3.05, 3.63) is 72.8 Å². The molecule has 2 aromatic rings. The molecule has 2 N–H and O–H groups in total. The van der Waals surface area contributed by atoms with Gasteiger partial charge in [-0.25, -0.2) is 13.1 Å². The number of amides is 1. The molecule has 6 nitrogen and oxygen atoms in total. The van der Waals surface area contributed by atoms with Crippen molar-refractivity contribution in [2.24, 2.45) is 0 Å². The molecule has 0 aliphatic heterocycles. The van der Waals surface area contributed by atoms with Crippen LogP contribution in [0.3, 0.4) is 0 Å². The lowest BCUT2D eigenvalue weighted by Gasteiger charge is -2.08. The molecule has 26 heavy (non-hydrogen) atoms. The van der Waals surface area contributed by atoms with Crippen molar-refractivity contribution in [1.29, 1.82) is 0 Å². The number of para-hydroxylation sites is 1. The standard InChI is InChI=1S/C19H22N2O4S/c1-2-13-21-26(23,24)18-11-9-16(10-12-18)19(22)20-14-6-15-25-17-7-4-3-5-8-17/h2-5,7-12,21H,1,6,13-15H2,(H,20,22). The van der Waals surface area contributed by atoms with Crippen LogP contribution in [0.2, 0.25) is 0 Å². The largest absolute Gasteiger partial charge is 0.494 e. The van der Waals surface area contributed by atoms with Gasteiger partial charge in [-0.05, 0) is 42.8 Å². The van der Waals surface area contributed by atoms with Gasteiger partial charge in [0.2, 0.25) is 10.0 Å². The molecule has 0 aromatic heterocycles. The second-order valence-corrected chi connectivity index (χ2v) is 7.20. The van der Waals surface area contributed by atoms with Gasteiger partial charge in [-0.3, -0.25) is 4.79 Å². The number of hydrogen-bond acceptors (Lipinski definition) is 4. The Bertz CT molecular complexity index is 818. The van der Waals surface area contributed by atoms with Gasteiger partial charge in [-0.1, -0.05) is 24.3 Å². The van der Waals surface area contributed by atoms with Crippen LogP contribution in [0.5, 0.6) is 5.75 Å². The smallest absolute Gasteiger partial charge is 0.251 e. The molecule has 0 saturated carbocycles. The van der Waals surface area contributed by atoms with Gasteiger partial charge >= 0.3 is 0 Å². The van der Waals surface area contributed by atoms with E-state index >= 15 is 0 Å². The van der Waals surface area contributed by atoms with Gasteiger partial charge in [0.05, 0.1) is 11.5 Å². The van der Waals surface area contributed by atoms with Gasteiger partial charge in [-0.15, -0.1) is 6.58 Å². The topological polar surface area (TPSA) is 84.5 Å². The maximum atomic E-state index is 12.1. The summed E-state index contributed by atoms with van der Waals surface area (Å²) in [6, 6.07) is 15.2. The van der Waals surface area contributed by atoms with Crippen molar-refractivity contribution in [3.63, 3.8) is 0 Å². The van der Waals surface area contributed by atoms with Crippen molar-refractivity contribution >= 4 is 15.9 Å². The Kier molecular flexibility index (Phi) is 7.37. The van der Waals surface area contributed by atoms with Crippen LogP contribution < -0.4 is 14.8 Å². The predicted octanol–water partition coefficient (Wildman–Crippen LogP) is 2.35. The number of carbonyl (C=O) groups is 1. The molecule has 0 saturated heterocycles. The van der Waals surface area contributed by atoms with Gasteiger partial charge < -0.3 is 10.1 Å². The summed E-state index contributed by atoms with van der Waals surface area (Å²) < 4.78 is 31.8. The molecule has 0 atom stereocenters. The lowest BCUT2D eigenvalue weighted by atomic mass is 10.2. The van der Waals surface area contributed by atoms with E-state index in [2.05, 4.69) is 16.6 Å². The molecule has 1 amide bonds. The Morgan fingerprint density at radius 3 is 2.42 bits per heavy atom. The molecule has 0 aliphatic rings. The molecular formula is C19H22N2O4S. The zero-order valence-electron chi connectivity index (χ0n) is 14.4.